The number of benzene rings is 1. The van der Waals surface area contributed by atoms with Gasteiger partial charge < -0.3 is 14.2 Å². The second kappa shape index (κ2) is 10.1. The number of ether oxygens (including phenoxy) is 3. The molecule has 37 heavy (non-hydrogen) atoms. The van der Waals surface area contributed by atoms with Gasteiger partial charge in [0.2, 0.25) is 0 Å². The molecule has 2 aliphatic carbocycles. The largest absolute Gasteiger partial charge is 0.465 e. The number of esters is 3. The highest BCUT2D eigenvalue weighted by Crippen LogP contribution is 2.59. The molecular weight excluding hydrogens is 873 g/mol. The van der Waals surface area contributed by atoms with Crippen molar-refractivity contribution >= 4 is 95.8 Å². The van der Waals surface area contributed by atoms with Crippen LogP contribution in [-0.4, -0.2) is 60.9 Å². The molecule has 1 aromatic rings. The molecule has 0 radical (unpaired) electrons. The average Bonchev–Trinajstić information content (AvgIpc) is 3.38. The minimum absolute atomic E-state index is 0.247. The van der Waals surface area contributed by atoms with E-state index in [1.54, 1.807) is 6.07 Å². The molecule has 1 heterocycles. The summed E-state index contributed by atoms with van der Waals surface area (Å²) in [4.78, 5) is 38.2. The molecule has 0 amide bonds. The minimum atomic E-state index is -6.43. The van der Waals surface area contributed by atoms with Crippen molar-refractivity contribution in [3.63, 3.8) is 0 Å². The van der Waals surface area contributed by atoms with Crippen LogP contribution in [-0.2, 0) is 33.9 Å². The van der Waals surface area contributed by atoms with Gasteiger partial charge in [0.15, 0.2) is 0 Å². The smallest absolute Gasteiger partial charge is 0.431 e. The highest BCUT2D eigenvalue weighted by atomic mass is 127. The lowest BCUT2D eigenvalue weighted by atomic mass is 9.78. The summed E-state index contributed by atoms with van der Waals surface area (Å²) in [6.07, 6.45) is -3.48. The van der Waals surface area contributed by atoms with Crippen molar-refractivity contribution in [3.8, 4) is 0 Å². The van der Waals surface area contributed by atoms with E-state index in [-0.39, 0.29) is 12.0 Å². The predicted octanol–water partition coefficient (Wildman–Crippen LogP) is 3.88. The van der Waals surface area contributed by atoms with Gasteiger partial charge in [0, 0.05) is 22.5 Å². The Morgan fingerprint density at radius 2 is 1.78 bits per heavy atom. The first-order chi connectivity index (χ1) is 17.0. The maximum Gasteiger partial charge on any atom is 0.431 e. The first-order valence-corrected chi connectivity index (χ1v) is 15.1. The van der Waals surface area contributed by atoms with Crippen molar-refractivity contribution in [2.75, 3.05) is 6.61 Å². The van der Waals surface area contributed by atoms with E-state index < -0.39 is 88.1 Å². The number of hydrogen-bond donors (Lipinski definition) is 1. The Hall–Kier alpha value is -0.550. The van der Waals surface area contributed by atoms with Gasteiger partial charge in [-0.1, -0.05) is 0 Å². The first-order valence-electron chi connectivity index (χ1n) is 10.4. The van der Waals surface area contributed by atoms with Crippen LogP contribution in [0.15, 0.2) is 12.1 Å². The molecule has 204 valence electrons. The monoisotopic (exact) mass is 888 g/mol. The SMILES string of the molecule is O=C(OC1C2CC3C1OC(=O)C3C2C(=O)OCCC(F)(F)C(F)(F)S(=O)(=O)O)c1cc(I)cc(I)c1I. The molecule has 0 spiro atoms. The lowest BCUT2D eigenvalue weighted by Gasteiger charge is -2.30. The summed E-state index contributed by atoms with van der Waals surface area (Å²) < 4.78 is 102. The first kappa shape index (κ1) is 29.4. The molecule has 1 aromatic carbocycles. The number of rotatable bonds is 8. The molecule has 17 heteroatoms. The standard InChI is InChI=1S/C20H15F4I3O9S/c21-19(22,20(23,24)37(31,32)33)1-2-34-17(29)11-7-5-8-12(11)18(30)36-15(8)14(7)35-16(28)9-3-6(25)4-10(26)13(9)27/h3-4,7-8,11-12,14-15H,1-2,5H2,(H,31,32,33). The van der Waals surface area contributed by atoms with Gasteiger partial charge in [0.1, 0.15) is 12.2 Å². The number of halogens is 7. The Balaban J connectivity index is 1.48. The lowest BCUT2D eigenvalue weighted by Crippen LogP contribution is -2.47. The summed E-state index contributed by atoms with van der Waals surface area (Å²) in [6.45, 7) is -1.32. The van der Waals surface area contributed by atoms with E-state index in [0.717, 1.165) is 7.14 Å². The predicted molar refractivity (Wildman–Crippen MR) is 139 cm³/mol. The van der Waals surface area contributed by atoms with Crippen LogP contribution in [0.5, 0.6) is 0 Å². The zero-order valence-corrected chi connectivity index (χ0v) is 25.3. The van der Waals surface area contributed by atoms with Gasteiger partial charge in [-0.15, -0.1) is 0 Å². The van der Waals surface area contributed by atoms with Crippen LogP contribution >= 0.6 is 67.8 Å². The fraction of sp³-hybridized carbons (Fsp3) is 0.550. The van der Waals surface area contributed by atoms with Crippen molar-refractivity contribution in [2.24, 2.45) is 23.7 Å². The van der Waals surface area contributed by atoms with Gasteiger partial charge in [-0.2, -0.15) is 26.0 Å². The quantitative estimate of drug-likeness (QED) is 0.103. The topological polar surface area (TPSA) is 133 Å². The maximum atomic E-state index is 13.7. The van der Waals surface area contributed by atoms with E-state index >= 15 is 0 Å². The Morgan fingerprint density at radius 3 is 2.41 bits per heavy atom. The van der Waals surface area contributed by atoms with Crippen LogP contribution in [0.25, 0.3) is 0 Å². The summed E-state index contributed by atoms with van der Waals surface area (Å²) in [5.74, 6) is -11.3. The molecule has 9 nitrogen and oxygen atoms in total. The van der Waals surface area contributed by atoms with E-state index in [2.05, 4.69) is 22.6 Å². The van der Waals surface area contributed by atoms with Crippen molar-refractivity contribution in [3.05, 3.63) is 28.4 Å². The summed E-state index contributed by atoms with van der Waals surface area (Å²) in [6, 6.07) is 3.46. The van der Waals surface area contributed by atoms with E-state index in [1.165, 1.54) is 0 Å². The second-order valence-electron chi connectivity index (χ2n) is 8.75. The Bertz CT molecular complexity index is 1280. The molecule has 1 aliphatic heterocycles. The van der Waals surface area contributed by atoms with Gasteiger partial charge in [0.25, 0.3) is 0 Å². The Labute approximate surface area is 247 Å². The second-order valence-corrected chi connectivity index (χ2v) is 13.7. The molecule has 4 rings (SSSR count). The molecule has 6 atom stereocenters. The van der Waals surface area contributed by atoms with Gasteiger partial charge in [-0.05, 0) is 86.3 Å². The van der Waals surface area contributed by atoms with E-state index in [0.29, 0.717) is 3.57 Å². The number of carbonyl (C=O) groups excluding carboxylic acids is 3. The zero-order chi connectivity index (χ0) is 27.7. The minimum Gasteiger partial charge on any atom is -0.465 e. The normalized spacial score (nSPS) is 28.8. The van der Waals surface area contributed by atoms with Crippen molar-refractivity contribution in [1.29, 1.82) is 0 Å². The molecule has 1 saturated heterocycles. The van der Waals surface area contributed by atoms with Crippen LogP contribution in [0, 0.1) is 34.4 Å². The van der Waals surface area contributed by atoms with Crippen LogP contribution < -0.4 is 0 Å². The van der Waals surface area contributed by atoms with E-state index in [1.807, 2.05) is 51.2 Å². The third-order valence-electron chi connectivity index (χ3n) is 6.68. The Kier molecular flexibility index (Phi) is 8.06. The number of carbonyl (C=O) groups is 3. The summed E-state index contributed by atoms with van der Waals surface area (Å²) in [7, 11) is -6.43. The fourth-order valence-corrected chi connectivity index (χ4v) is 7.93. The molecule has 2 saturated carbocycles. The number of fused-ring (bicyclic) bond motifs is 1. The van der Waals surface area contributed by atoms with Crippen LogP contribution in [0.4, 0.5) is 17.6 Å². The van der Waals surface area contributed by atoms with Gasteiger partial charge in [-0.25, -0.2) is 4.79 Å². The number of alkyl halides is 4. The fourth-order valence-electron chi connectivity index (χ4n) is 5.07. The van der Waals surface area contributed by atoms with Gasteiger partial charge in [0.05, 0.1) is 30.4 Å². The summed E-state index contributed by atoms with van der Waals surface area (Å²) in [5, 5.41) is -5.80. The molecule has 3 fully saturated rings. The molecule has 0 aromatic heterocycles. The van der Waals surface area contributed by atoms with Gasteiger partial charge >= 0.3 is 39.2 Å². The lowest BCUT2D eigenvalue weighted by molar-refractivity contribution is -0.178. The molecule has 1 N–H and O–H groups in total. The van der Waals surface area contributed by atoms with Crippen molar-refractivity contribution in [1.82, 2.24) is 0 Å². The van der Waals surface area contributed by atoms with Gasteiger partial charge in [-0.3, -0.25) is 14.1 Å². The highest BCUT2D eigenvalue weighted by molar-refractivity contribution is 14.1. The average molecular weight is 888 g/mol. The zero-order valence-electron chi connectivity index (χ0n) is 18.0. The molecule has 2 bridgehead atoms. The third kappa shape index (κ3) is 5.07. The molecule has 6 unspecified atom stereocenters. The molecular formula is C20H15F4I3O9S. The van der Waals surface area contributed by atoms with Crippen molar-refractivity contribution < 1.29 is 59.1 Å². The third-order valence-corrected chi connectivity index (χ3v) is 11.3. The van der Waals surface area contributed by atoms with E-state index in [9.17, 15) is 40.4 Å². The summed E-state index contributed by atoms with van der Waals surface area (Å²) >= 11 is 6.06. The molecule has 3 aliphatic rings. The summed E-state index contributed by atoms with van der Waals surface area (Å²) in [5.41, 5.74) is 0.265. The van der Waals surface area contributed by atoms with E-state index in [4.69, 9.17) is 18.8 Å². The Morgan fingerprint density at radius 1 is 1.14 bits per heavy atom. The van der Waals surface area contributed by atoms with Crippen LogP contribution in [0.1, 0.15) is 23.2 Å². The highest BCUT2D eigenvalue weighted by Gasteiger charge is 2.70. The number of hydrogen-bond acceptors (Lipinski definition) is 8. The van der Waals surface area contributed by atoms with Crippen LogP contribution in [0.2, 0.25) is 0 Å². The van der Waals surface area contributed by atoms with Crippen LogP contribution in [0.3, 0.4) is 0 Å². The maximum absolute atomic E-state index is 13.7. The van der Waals surface area contributed by atoms with Crippen molar-refractivity contribution in [2.45, 2.75) is 36.2 Å².